The van der Waals surface area contributed by atoms with Gasteiger partial charge in [-0.3, -0.25) is 0 Å². The summed E-state index contributed by atoms with van der Waals surface area (Å²) in [4.78, 5) is 15.2. The van der Waals surface area contributed by atoms with Gasteiger partial charge in [0.05, 0.1) is 0 Å². The predicted octanol–water partition coefficient (Wildman–Crippen LogP) is 13.1. The van der Waals surface area contributed by atoms with Gasteiger partial charge in [0, 0.05) is 53.1 Å². The van der Waals surface area contributed by atoms with Crippen LogP contribution in [0.3, 0.4) is 0 Å². The zero-order chi connectivity index (χ0) is 35.3. The zero-order valence-corrected chi connectivity index (χ0v) is 29.9. The second kappa shape index (κ2) is 11.3. The summed E-state index contributed by atoms with van der Waals surface area (Å²) in [5.74, 6) is 1.96. The summed E-state index contributed by atoms with van der Waals surface area (Å²) >= 11 is 1.81. The highest BCUT2D eigenvalue weighted by Crippen LogP contribution is 2.53. The van der Waals surface area contributed by atoms with Crippen molar-refractivity contribution in [2.24, 2.45) is 0 Å². The maximum absolute atomic E-state index is 6.30. The van der Waals surface area contributed by atoms with E-state index in [1.165, 1.54) is 47.8 Å². The minimum Gasteiger partial charge on any atom is -0.456 e. The molecule has 0 amide bonds. The van der Waals surface area contributed by atoms with Gasteiger partial charge in [-0.05, 0) is 81.9 Å². The van der Waals surface area contributed by atoms with Gasteiger partial charge in [-0.2, -0.15) is 0 Å². The maximum atomic E-state index is 6.30. The van der Waals surface area contributed by atoms with E-state index in [-0.39, 0.29) is 5.41 Å². The SMILES string of the molecule is CC1(C)c2cc(-c3cccc(-c4nc(-c5ccccc5)nc(-c5ccc6sc7ccccc7c6c5)n4)c3)ccc2-c2c1ccc1oc3ccccc3c21. The lowest BCUT2D eigenvalue weighted by Gasteiger charge is -2.22. The molecule has 0 atom stereocenters. The highest BCUT2D eigenvalue weighted by atomic mass is 32.1. The van der Waals surface area contributed by atoms with E-state index in [1.54, 1.807) is 0 Å². The van der Waals surface area contributed by atoms with Gasteiger partial charge in [-0.1, -0.05) is 117 Å². The largest absolute Gasteiger partial charge is 0.456 e. The van der Waals surface area contributed by atoms with Crippen LogP contribution in [0.15, 0.2) is 156 Å². The van der Waals surface area contributed by atoms with Crippen molar-refractivity contribution in [1.29, 1.82) is 0 Å². The molecular formula is C48H31N3OS. The molecule has 1 aliphatic carbocycles. The van der Waals surface area contributed by atoms with Crippen LogP contribution in [-0.2, 0) is 5.41 Å². The molecule has 7 aromatic carbocycles. The normalized spacial score (nSPS) is 13.2. The topological polar surface area (TPSA) is 51.8 Å². The molecule has 0 spiro atoms. The lowest BCUT2D eigenvalue weighted by atomic mass is 9.81. The molecule has 3 heterocycles. The molecule has 11 rings (SSSR count). The van der Waals surface area contributed by atoms with Gasteiger partial charge in [0.1, 0.15) is 11.2 Å². The molecule has 0 saturated carbocycles. The summed E-state index contributed by atoms with van der Waals surface area (Å²) in [5, 5.41) is 4.83. The minimum absolute atomic E-state index is 0.173. The number of thiophene rings is 1. The molecule has 250 valence electrons. The van der Waals surface area contributed by atoms with Crippen LogP contribution < -0.4 is 0 Å². The number of hydrogen-bond donors (Lipinski definition) is 0. The predicted molar refractivity (Wildman–Crippen MR) is 219 cm³/mol. The molecule has 0 unspecified atom stereocenters. The van der Waals surface area contributed by atoms with Crippen LogP contribution >= 0.6 is 11.3 Å². The van der Waals surface area contributed by atoms with E-state index in [2.05, 4.69) is 141 Å². The Bertz CT molecular complexity index is 3100. The second-order valence-electron chi connectivity index (χ2n) is 14.4. The van der Waals surface area contributed by atoms with Crippen molar-refractivity contribution in [2.45, 2.75) is 19.3 Å². The number of fused-ring (bicyclic) bond motifs is 10. The number of benzene rings is 7. The van der Waals surface area contributed by atoms with Crippen molar-refractivity contribution < 1.29 is 4.42 Å². The van der Waals surface area contributed by atoms with Gasteiger partial charge >= 0.3 is 0 Å². The van der Waals surface area contributed by atoms with Crippen LogP contribution in [0.5, 0.6) is 0 Å². The number of furan rings is 1. The first-order valence-electron chi connectivity index (χ1n) is 17.9. The van der Waals surface area contributed by atoms with E-state index in [9.17, 15) is 0 Å². The van der Waals surface area contributed by atoms with Gasteiger partial charge in [0.25, 0.3) is 0 Å². The molecule has 0 bridgehead atoms. The van der Waals surface area contributed by atoms with Crippen LogP contribution in [0.4, 0.5) is 0 Å². The summed E-state index contributed by atoms with van der Waals surface area (Å²) in [6.45, 7) is 4.67. The van der Waals surface area contributed by atoms with Crippen LogP contribution in [0.1, 0.15) is 25.0 Å². The number of aromatic nitrogens is 3. The highest BCUT2D eigenvalue weighted by molar-refractivity contribution is 7.25. The Hall–Kier alpha value is -6.43. The number of rotatable bonds is 4. The molecule has 0 aliphatic heterocycles. The standard InChI is InChI=1S/C48H31N3OS/c1-48(2)37-22-23-40-44(35-16-6-8-17-39(35)52-40)43(37)34-21-19-30(27-38(34)48)29-13-10-14-31(25-29)46-49-45(28-11-4-3-5-12-28)50-47(51-46)32-20-24-42-36(26-32)33-15-7-9-18-41(33)53-42/h3-27H,1-2H3. The first kappa shape index (κ1) is 30.2. The van der Waals surface area contributed by atoms with Gasteiger partial charge < -0.3 is 4.42 Å². The van der Waals surface area contributed by atoms with E-state index in [4.69, 9.17) is 19.4 Å². The molecule has 0 N–H and O–H groups in total. The van der Waals surface area contributed by atoms with E-state index < -0.39 is 0 Å². The van der Waals surface area contributed by atoms with Gasteiger partial charge in [0.15, 0.2) is 17.5 Å². The van der Waals surface area contributed by atoms with Crippen molar-refractivity contribution in [2.75, 3.05) is 0 Å². The third-order valence-electron chi connectivity index (χ3n) is 10.9. The third kappa shape index (κ3) is 4.64. The quantitative estimate of drug-likeness (QED) is 0.184. The Kier molecular flexibility index (Phi) is 6.43. The van der Waals surface area contributed by atoms with E-state index in [1.807, 2.05) is 35.6 Å². The fourth-order valence-corrected chi connectivity index (χ4v) is 9.36. The first-order valence-corrected chi connectivity index (χ1v) is 18.7. The van der Waals surface area contributed by atoms with Crippen molar-refractivity contribution in [1.82, 2.24) is 15.0 Å². The van der Waals surface area contributed by atoms with Crippen LogP contribution in [0, 0.1) is 0 Å². The summed E-state index contributed by atoms with van der Waals surface area (Å²) in [6.07, 6.45) is 0. The van der Waals surface area contributed by atoms with Crippen molar-refractivity contribution >= 4 is 53.4 Å². The van der Waals surface area contributed by atoms with Crippen LogP contribution in [-0.4, -0.2) is 15.0 Å². The van der Waals surface area contributed by atoms with Gasteiger partial charge in [0.2, 0.25) is 0 Å². The maximum Gasteiger partial charge on any atom is 0.164 e. The number of hydrogen-bond acceptors (Lipinski definition) is 5. The summed E-state index contributed by atoms with van der Waals surface area (Å²) in [7, 11) is 0. The third-order valence-corrected chi connectivity index (χ3v) is 12.1. The second-order valence-corrected chi connectivity index (χ2v) is 15.5. The lowest BCUT2D eigenvalue weighted by molar-refractivity contribution is 0.657. The molecule has 53 heavy (non-hydrogen) atoms. The van der Waals surface area contributed by atoms with Gasteiger partial charge in [-0.25, -0.2) is 15.0 Å². The Labute approximate surface area is 310 Å². The lowest BCUT2D eigenvalue weighted by Crippen LogP contribution is -2.14. The van der Waals surface area contributed by atoms with Crippen LogP contribution in [0.25, 0.3) is 98.5 Å². The molecule has 0 fully saturated rings. The van der Waals surface area contributed by atoms with Crippen molar-refractivity contribution in [3.8, 4) is 56.4 Å². The number of para-hydroxylation sites is 1. The molecule has 10 aromatic rings. The van der Waals surface area contributed by atoms with Crippen LogP contribution in [0.2, 0.25) is 0 Å². The Balaban J connectivity index is 1.04. The molecule has 4 nitrogen and oxygen atoms in total. The summed E-state index contributed by atoms with van der Waals surface area (Å²) in [5.41, 5.74) is 12.0. The molecule has 0 saturated heterocycles. The van der Waals surface area contributed by atoms with Crippen molar-refractivity contribution in [3.05, 3.63) is 163 Å². The Morgan fingerprint density at radius 1 is 0.453 bits per heavy atom. The fourth-order valence-electron chi connectivity index (χ4n) is 8.27. The molecule has 3 aromatic heterocycles. The summed E-state index contributed by atoms with van der Waals surface area (Å²) < 4.78 is 8.83. The highest BCUT2D eigenvalue weighted by Gasteiger charge is 2.37. The van der Waals surface area contributed by atoms with E-state index >= 15 is 0 Å². The Morgan fingerprint density at radius 3 is 1.94 bits per heavy atom. The molecule has 5 heteroatoms. The Morgan fingerprint density at radius 2 is 1.09 bits per heavy atom. The molecule has 0 radical (unpaired) electrons. The summed E-state index contributed by atoms with van der Waals surface area (Å²) in [6, 6.07) is 53.5. The average molecular weight is 698 g/mol. The minimum atomic E-state index is -0.173. The molecular weight excluding hydrogens is 667 g/mol. The first-order chi connectivity index (χ1) is 26.0. The fraction of sp³-hybridized carbons (Fsp3) is 0.0625. The van der Waals surface area contributed by atoms with E-state index in [0.29, 0.717) is 17.5 Å². The van der Waals surface area contributed by atoms with E-state index in [0.717, 1.165) is 44.4 Å². The smallest absolute Gasteiger partial charge is 0.164 e. The van der Waals surface area contributed by atoms with Crippen molar-refractivity contribution in [3.63, 3.8) is 0 Å². The monoisotopic (exact) mass is 697 g/mol. The van der Waals surface area contributed by atoms with Gasteiger partial charge in [-0.15, -0.1) is 11.3 Å². The molecule has 1 aliphatic rings. The zero-order valence-electron chi connectivity index (χ0n) is 29.1. The number of nitrogens with zero attached hydrogens (tertiary/aromatic N) is 3. The average Bonchev–Trinajstić information content (AvgIpc) is 3.85.